The molecule has 0 fully saturated rings. The number of rotatable bonds is 9. The van der Waals surface area contributed by atoms with E-state index in [1.165, 1.54) is 11.3 Å². The van der Waals surface area contributed by atoms with Crippen molar-refractivity contribution in [3.05, 3.63) is 35.2 Å². The summed E-state index contributed by atoms with van der Waals surface area (Å²) in [7, 11) is 3.64. The number of ether oxygens (including phenoxy) is 2. The number of anilines is 1. The standard InChI is InChI=1S/C21H33N5O2/c1-7-17-16(18(8-2)26(5)25-17)14-23-21(22-9-3)24-15-11-12-19(28-10-4)20(13-15)27-6/h11-13H,7-10,14H2,1-6H3,(H2,22,23,24). The van der Waals surface area contributed by atoms with Gasteiger partial charge in [-0.25, -0.2) is 4.99 Å². The minimum atomic E-state index is 0.587. The van der Waals surface area contributed by atoms with Crippen LogP contribution < -0.4 is 20.1 Å². The first-order chi connectivity index (χ1) is 13.6. The van der Waals surface area contributed by atoms with Crippen LogP contribution in [0, 0.1) is 0 Å². The molecule has 0 radical (unpaired) electrons. The Morgan fingerprint density at radius 3 is 2.54 bits per heavy atom. The van der Waals surface area contributed by atoms with E-state index >= 15 is 0 Å². The lowest BCUT2D eigenvalue weighted by Gasteiger charge is -2.14. The van der Waals surface area contributed by atoms with Crippen LogP contribution in [0.1, 0.15) is 44.6 Å². The second-order valence-corrected chi connectivity index (χ2v) is 6.32. The Balaban J connectivity index is 2.24. The first-order valence-electron chi connectivity index (χ1n) is 9.97. The van der Waals surface area contributed by atoms with E-state index in [1.807, 2.05) is 36.9 Å². The number of aromatic nitrogens is 2. The van der Waals surface area contributed by atoms with Crippen molar-refractivity contribution in [2.45, 2.75) is 47.1 Å². The predicted molar refractivity (Wildman–Crippen MR) is 115 cm³/mol. The normalized spacial score (nSPS) is 11.4. The number of hydrogen-bond acceptors (Lipinski definition) is 4. The van der Waals surface area contributed by atoms with E-state index in [0.717, 1.165) is 42.5 Å². The second kappa shape index (κ2) is 10.6. The number of nitrogens with zero attached hydrogens (tertiary/aromatic N) is 3. The smallest absolute Gasteiger partial charge is 0.196 e. The Hall–Kier alpha value is -2.70. The molecule has 1 heterocycles. The highest BCUT2D eigenvalue weighted by Gasteiger charge is 2.13. The van der Waals surface area contributed by atoms with Crippen LogP contribution in [-0.4, -0.2) is 36.0 Å². The molecule has 0 spiro atoms. The summed E-state index contributed by atoms with van der Waals surface area (Å²) in [5, 5.41) is 11.3. The molecule has 7 heteroatoms. The van der Waals surface area contributed by atoms with Crippen molar-refractivity contribution in [3.8, 4) is 11.5 Å². The zero-order valence-corrected chi connectivity index (χ0v) is 17.9. The second-order valence-electron chi connectivity index (χ2n) is 6.32. The molecule has 0 saturated carbocycles. The highest BCUT2D eigenvalue weighted by atomic mass is 16.5. The number of aryl methyl sites for hydroxylation is 2. The molecule has 0 aliphatic rings. The molecule has 1 aromatic heterocycles. The van der Waals surface area contributed by atoms with Crippen molar-refractivity contribution in [2.75, 3.05) is 25.6 Å². The molecule has 2 aromatic rings. The third-order valence-electron chi connectivity index (χ3n) is 4.49. The highest BCUT2D eigenvalue weighted by Crippen LogP contribution is 2.30. The summed E-state index contributed by atoms with van der Waals surface area (Å²) in [6.45, 7) is 10.2. The molecule has 0 aliphatic carbocycles. The number of benzene rings is 1. The summed E-state index contributed by atoms with van der Waals surface area (Å²) in [4.78, 5) is 4.79. The van der Waals surface area contributed by atoms with Gasteiger partial charge in [-0.15, -0.1) is 0 Å². The lowest BCUT2D eigenvalue weighted by atomic mass is 10.1. The van der Waals surface area contributed by atoms with Crippen molar-refractivity contribution >= 4 is 11.6 Å². The van der Waals surface area contributed by atoms with Gasteiger partial charge in [0.2, 0.25) is 0 Å². The molecule has 28 heavy (non-hydrogen) atoms. The van der Waals surface area contributed by atoms with E-state index in [4.69, 9.17) is 14.5 Å². The van der Waals surface area contributed by atoms with Crippen LogP contribution in [0.3, 0.4) is 0 Å². The van der Waals surface area contributed by atoms with Gasteiger partial charge in [0.05, 0.1) is 26.0 Å². The monoisotopic (exact) mass is 387 g/mol. The summed E-state index contributed by atoms with van der Waals surface area (Å²) >= 11 is 0. The zero-order valence-electron chi connectivity index (χ0n) is 17.9. The molecule has 0 aliphatic heterocycles. The van der Waals surface area contributed by atoms with Crippen molar-refractivity contribution in [1.29, 1.82) is 0 Å². The van der Waals surface area contributed by atoms with Gasteiger partial charge in [0.15, 0.2) is 17.5 Å². The maximum Gasteiger partial charge on any atom is 0.196 e. The summed E-state index contributed by atoms with van der Waals surface area (Å²) in [6.07, 6.45) is 1.84. The zero-order chi connectivity index (χ0) is 20.5. The molecular formula is C21H33N5O2. The number of guanidine groups is 1. The number of aliphatic imine (C=N–C) groups is 1. The molecular weight excluding hydrogens is 354 g/mol. The molecule has 154 valence electrons. The largest absolute Gasteiger partial charge is 0.493 e. The van der Waals surface area contributed by atoms with Gasteiger partial charge in [0.25, 0.3) is 0 Å². The number of nitrogens with one attached hydrogen (secondary N) is 2. The molecule has 2 rings (SSSR count). The molecule has 0 unspecified atom stereocenters. The van der Waals surface area contributed by atoms with Crippen molar-refractivity contribution in [1.82, 2.24) is 15.1 Å². The Morgan fingerprint density at radius 1 is 1.14 bits per heavy atom. The summed E-state index contributed by atoms with van der Waals surface area (Å²) in [5.41, 5.74) is 4.45. The molecule has 1 aromatic carbocycles. The minimum absolute atomic E-state index is 0.587. The van der Waals surface area contributed by atoms with E-state index in [-0.39, 0.29) is 0 Å². The van der Waals surface area contributed by atoms with Crippen molar-refractivity contribution in [2.24, 2.45) is 12.0 Å². The van der Waals surface area contributed by atoms with Gasteiger partial charge in [-0.2, -0.15) is 5.10 Å². The molecule has 7 nitrogen and oxygen atoms in total. The average molecular weight is 388 g/mol. The van der Waals surface area contributed by atoms with Crippen molar-refractivity contribution in [3.63, 3.8) is 0 Å². The van der Waals surface area contributed by atoms with Gasteiger partial charge < -0.3 is 20.1 Å². The van der Waals surface area contributed by atoms with Crippen LogP contribution in [0.4, 0.5) is 5.69 Å². The van der Waals surface area contributed by atoms with Crippen LogP contribution in [0.2, 0.25) is 0 Å². The maximum atomic E-state index is 5.59. The molecule has 0 atom stereocenters. The van der Waals surface area contributed by atoms with Gasteiger partial charge in [-0.05, 0) is 38.8 Å². The number of hydrogen-bond donors (Lipinski definition) is 2. The molecule has 0 saturated heterocycles. The van der Waals surface area contributed by atoms with Crippen molar-refractivity contribution < 1.29 is 9.47 Å². The third-order valence-corrected chi connectivity index (χ3v) is 4.49. The fraction of sp³-hybridized carbons (Fsp3) is 0.524. The van der Waals surface area contributed by atoms with Crippen LogP contribution in [-0.2, 0) is 26.4 Å². The molecule has 2 N–H and O–H groups in total. The first kappa shape index (κ1) is 21.6. The lowest BCUT2D eigenvalue weighted by molar-refractivity contribution is 0.311. The van der Waals surface area contributed by atoms with Gasteiger partial charge in [0, 0.05) is 36.6 Å². The van der Waals surface area contributed by atoms with E-state index in [1.54, 1.807) is 7.11 Å². The van der Waals surface area contributed by atoms with Gasteiger partial charge in [-0.3, -0.25) is 4.68 Å². The maximum absolute atomic E-state index is 5.59. The van der Waals surface area contributed by atoms with Crippen LogP contribution in [0.15, 0.2) is 23.2 Å². The summed E-state index contributed by atoms with van der Waals surface area (Å²) in [5.74, 6) is 2.14. The van der Waals surface area contributed by atoms with Gasteiger partial charge in [-0.1, -0.05) is 13.8 Å². The van der Waals surface area contributed by atoms with E-state index in [0.29, 0.717) is 18.9 Å². The summed E-state index contributed by atoms with van der Waals surface area (Å²) in [6, 6.07) is 5.77. The Labute approximate surface area is 168 Å². The Kier molecular flexibility index (Phi) is 8.17. The minimum Gasteiger partial charge on any atom is -0.493 e. The predicted octanol–water partition coefficient (Wildman–Crippen LogP) is 3.53. The Bertz CT molecular complexity index is 798. The van der Waals surface area contributed by atoms with E-state index < -0.39 is 0 Å². The van der Waals surface area contributed by atoms with Crippen LogP contribution in [0.25, 0.3) is 0 Å². The molecule has 0 amide bonds. The Morgan fingerprint density at radius 2 is 1.93 bits per heavy atom. The first-order valence-corrected chi connectivity index (χ1v) is 9.97. The summed E-state index contributed by atoms with van der Waals surface area (Å²) < 4.78 is 13.0. The fourth-order valence-electron chi connectivity index (χ4n) is 3.19. The lowest BCUT2D eigenvalue weighted by Crippen LogP contribution is -2.30. The van der Waals surface area contributed by atoms with E-state index in [9.17, 15) is 0 Å². The topological polar surface area (TPSA) is 72.7 Å². The van der Waals surface area contributed by atoms with Crippen LogP contribution in [0.5, 0.6) is 11.5 Å². The highest BCUT2D eigenvalue weighted by molar-refractivity contribution is 5.93. The van der Waals surface area contributed by atoms with Gasteiger partial charge >= 0.3 is 0 Å². The SMILES string of the molecule is CCNC(=NCc1c(CC)nn(C)c1CC)Nc1ccc(OCC)c(OC)c1. The van der Waals surface area contributed by atoms with Gasteiger partial charge in [0.1, 0.15) is 0 Å². The number of methoxy groups -OCH3 is 1. The fourth-order valence-corrected chi connectivity index (χ4v) is 3.19. The quantitative estimate of drug-likeness (QED) is 0.509. The average Bonchev–Trinajstić information content (AvgIpc) is 3.02. The van der Waals surface area contributed by atoms with E-state index in [2.05, 4.69) is 36.5 Å². The van der Waals surface area contributed by atoms with Crippen LogP contribution >= 0.6 is 0 Å². The third kappa shape index (κ3) is 5.18. The molecule has 0 bridgehead atoms.